The van der Waals surface area contributed by atoms with Crippen LogP contribution in [-0.4, -0.2) is 68.7 Å². The van der Waals surface area contributed by atoms with E-state index in [-0.39, 0.29) is 47.7 Å². The Balaban J connectivity index is 1.89. The molecule has 2 aliphatic rings. The van der Waals surface area contributed by atoms with E-state index in [0.717, 1.165) is 17.3 Å². The van der Waals surface area contributed by atoms with Gasteiger partial charge in [-0.3, -0.25) is 28.5 Å². The summed E-state index contributed by atoms with van der Waals surface area (Å²) in [5.41, 5.74) is 0.937. The van der Waals surface area contributed by atoms with E-state index >= 15 is 0 Å². The van der Waals surface area contributed by atoms with Crippen LogP contribution in [0.25, 0.3) is 11.7 Å². The summed E-state index contributed by atoms with van der Waals surface area (Å²) in [7, 11) is 0. The van der Waals surface area contributed by atoms with Crippen molar-refractivity contribution in [3.05, 3.63) is 57.4 Å². The van der Waals surface area contributed by atoms with Crippen molar-refractivity contribution in [2.75, 3.05) is 31.1 Å². The van der Waals surface area contributed by atoms with Crippen LogP contribution >= 0.6 is 24.0 Å². The number of pyridine rings is 1. The molecular weight excluding hydrogens is 502 g/mol. The summed E-state index contributed by atoms with van der Waals surface area (Å²) in [5.74, 6) is -1.04. The summed E-state index contributed by atoms with van der Waals surface area (Å²) in [6, 6.07) is 2.60. The molecule has 0 unspecified atom stereocenters. The molecule has 0 saturated carbocycles. The number of aromatic nitrogens is 2. The second-order valence-corrected chi connectivity index (χ2v) is 9.86. The fraction of sp³-hybridized carbons (Fsp3) is 0.333. The molecule has 0 radical (unpaired) electrons. The maximum atomic E-state index is 13.7. The quantitative estimate of drug-likeness (QED) is 0.249. The first-order valence-corrected chi connectivity index (χ1v) is 12.6. The number of anilines is 1. The van der Waals surface area contributed by atoms with Crippen molar-refractivity contribution < 1.29 is 19.1 Å². The van der Waals surface area contributed by atoms with Gasteiger partial charge in [0.1, 0.15) is 21.8 Å². The Kier molecular flexibility index (Phi) is 7.55. The Bertz CT molecular complexity index is 1370. The Morgan fingerprint density at radius 3 is 2.86 bits per heavy atom. The van der Waals surface area contributed by atoms with Crippen LogP contribution in [-0.2, 0) is 19.1 Å². The minimum atomic E-state index is -0.931. The van der Waals surface area contributed by atoms with Gasteiger partial charge in [-0.1, -0.05) is 36.1 Å². The highest BCUT2D eigenvalue weighted by molar-refractivity contribution is 8.26. The van der Waals surface area contributed by atoms with Crippen LogP contribution in [0.15, 0.2) is 40.7 Å². The number of fused-ring (bicyclic) bond motifs is 1. The second kappa shape index (κ2) is 10.6. The zero-order valence-electron chi connectivity index (χ0n) is 19.9. The van der Waals surface area contributed by atoms with Gasteiger partial charge in [0.2, 0.25) is 5.91 Å². The standard InChI is InChI=1S/C24H25N5O5S2/c1-4-9-28-23(33)17(36-24(28)35)11-15-20(26-18-7-6-14(3)13-29(18)22(15)32)27-10-8-25-21(31)16(27)12-19(30)34-5-2/h4,6-7,11,13,16H,1,5,8-10,12H2,2-3H3,(H,25,31)/b17-11-/t16-/m0/s1. The summed E-state index contributed by atoms with van der Waals surface area (Å²) in [6.45, 7) is 8.23. The highest BCUT2D eigenvalue weighted by Crippen LogP contribution is 2.34. The van der Waals surface area contributed by atoms with Crippen LogP contribution in [0.4, 0.5) is 5.82 Å². The maximum absolute atomic E-state index is 13.7. The van der Waals surface area contributed by atoms with Gasteiger partial charge in [-0.2, -0.15) is 0 Å². The van der Waals surface area contributed by atoms with Crippen molar-refractivity contribution in [3.8, 4) is 0 Å². The Labute approximate surface area is 217 Å². The number of thioether (sulfide) groups is 1. The third-order valence-corrected chi connectivity index (χ3v) is 7.09. The molecule has 0 bridgehead atoms. The van der Waals surface area contributed by atoms with Crippen molar-refractivity contribution in [2.24, 2.45) is 0 Å². The van der Waals surface area contributed by atoms with E-state index in [2.05, 4.69) is 11.9 Å². The molecule has 10 nitrogen and oxygen atoms in total. The first-order chi connectivity index (χ1) is 17.2. The van der Waals surface area contributed by atoms with E-state index in [1.165, 1.54) is 15.4 Å². The largest absolute Gasteiger partial charge is 0.466 e. The van der Waals surface area contributed by atoms with E-state index in [1.54, 1.807) is 30.2 Å². The lowest BCUT2D eigenvalue weighted by Gasteiger charge is -2.36. The zero-order chi connectivity index (χ0) is 26.0. The van der Waals surface area contributed by atoms with Crippen molar-refractivity contribution in [2.45, 2.75) is 26.3 Å². The van der Waals surface area contributed by atoms with Gasteiger partial charge in [-0.05, 0) is 31.6 Å². The van der Waals surface area contributed by atoms with Crippen LogP contribution in [0.3, 0.4) is 0 Å². The number of thiocarbonyl (C=S) groups is 1. The minimum Gasteiger partial charge on any atom is -0.466 e. The van der Waals surface area contributed by atoms with E-state index in [0.29, 0.717) is 23.1 Å². The fourth-order valence-electron chi connectivity index (χ4n) is 4.06. The summed E-state index contributed by atoms with van der Waals surface area (Å²) >= 11 is 6.41. The van der Waals surface area contributed by atoms with Crippen molar-refractivity contribution >= 4 is 63.6 Å². The van der Waals surface area contributed by atoms with Crippen molar-refractivity contribution in [3.63, 3.8) is 0 Å². The van der Waals surface area contributed by atoms with E-state index in [1.807, 2.05) is 13.0 Å². The Hall–Kier alpha value is -3.51. The average Bonchev–Trinajstić information content (AvgIpc) is 3.10. The lowest BCUT2D eigenvalue weighted by Crippen LogP contribution is -2.57. The first-order valence-electron chi connectivity index (χ1n) is 11.3. The van der Waals surface area contributed by atoms with Crippen LogP contribution in [0, 0.1) is 6.92 Å². The average molecular weight is 528 g/mol. The predicted molar refractivity (Wildman–Crippen MR) is 142 cm³/mol. The van der Waals surface area contributed by atoms with Gasteiger partial charge in [-0.15, -0.1) is 6.58 Å². The highest BCUT2D eigenvalue weighted by Gasteiger charge is 2.36. The normalized spacial score (nSPS) is 19.2. The highest BCUT2D eigenvalue weighted by atomic mass is 32.2. The van der Waals surface area contributed by atoms with Crippen LogP contribution in [0.2, 0.25) is 0 Å². The summed E-state index contributed by atoms with van der Waals surface area (Å²) in [4.78, 5) is 59.8. The number of rotatable bonds is 7. The number of nitrogens with zero attached hydrogens (tertiary/aromatic N) is 4. The van der Waals surface area contributed by atoms with Crippen LogP contribution in [0.1, 0.15) is 24.5 Å². The summed E-state index contributed by atoms with van der Waals surface area (Å²) < 4.78 is 6.82. The lowest BCUT2D eigenvalue weighted by molar-refractivity contribution is -0.145. The van der Waals surface area contributed by atoms with Crippen LogP contribution in [0.5, 0.6) is 0 Å². The van der Waals surface area contributed by atoms with E-state index in [9.17, 15) is 19.2 Å². The SMILES string of the molecule is C=CCN1C(=O)/C(=C/c2c(N3CCNC(=O)[C@@H]3CC(=O)OCC)nc3ccc(C)cn3c2=O)SC1=S. The van der Waals surface area contributed by atoms with Gasteiger partial charge in [0.25, 0.3) is 11.5 Å². The van der Waals surface area contributed by atoms with E-state index in [4.69, 9.17) is 21.9 Å². The fourth-order valence-corrected chi connectivity index (χ4v) is 5.32. The number of carbonyl (C=O) groups excluding carboxylic acids is 3. The molecule has 4 heterocycles. The number of ether oxygens (including phenoxy) is 1. The Morgan fingerprint density at radius 1 is 1.36 bits per heavy atom. The molecule has 2 amide bonds. The number of aryl methyl sites for hydroxylation is 1. The molecule has 0 aliphatic carbocycles. The molecule has 2 fully saturated rings. The molecule has 0 spiro atoms. The molecule has 2 aromatic rings. The van der Waals surface area contributed by atoms with E-state index < -0.39 is 17.6 Å². The molecule has 36 heavy (non-hydrogen) atoms. The summed E-state index contributed by atoms with van der Waals surface area (Å²) in [5, 5.41) is 2.76. The number of piperazine rings is 1. The summed E-state index contributed by atoms with van der Waals surface area (Å²) in [6.07, 6.45) is 4.49. The number of hydrogen-bond acceptors (Lipinski definition) is 9. The third-order valence-electron chi connectivity index (χ3n) is 5.71. The van der Waals surface area contributed by atoms with Gasteiger partial charge in [0.05, 0.1) is 23.5 Å². The molecule has 188 valence electrons. The number of esters is 1. The van der Waals surface area contributed by atoms with Gasteiger partial charge in [-0.25, -0.2) is 4.98 Å². The predicted octanol–water partition coefficient (Wildman–Crippen LogP) is 1.65. The smallest absolute Gasteiger partial charge is 0.308 e. The molecule has 4 rings (SSSR count). The third kappa shape index (κ3) is 4.91. The molecule has 1 atom stereocenters. The zero-order valence-corrected chi connectivity index (χ0v) is 21.5. The molecule has 1 N–H and O–H groups in total. The van der Waals surface area contributed by atoms with Gasteiger partial charge in [0, 0.05) is 25.8 Å². The van der Waals surface area contributed by atoms with Crippen molar-refractivity contribution in [1.29, 1.82) is 0 Å². The number of nitrogens with one attached hydrogen (secondary N) is 1. The van der Waals surface area contributed by atoms with Gasteiger partial charge >= 0.3 is 5.97 Å². The van der Waals surface area contributed by atoms with Crippen molar-refractivity contribution in [1.82, 2.24) is 19.6 Å². The molecule has 0 aromatic carbocycles. The van der Waals surface area contributed by atoms with Gasteiger partial charge < -0.3 is 15.0 Å². The number of carbonyl (C=O) groups is 3. The van der Waals surface area contributed by atoms with Crippen LogP contribution < -0.4 is 15.8 Å². The molecule has 12 heteroatoms. The van der Waals surface area contributed by atoms with Gasteiger partial charge in [0.15, 0.2) is 0 Å². The Morgan fingerprint density at radius 2 is 2.14 bits per heavy atom. The molecule has 2 aromatic heterocycles. The molecule has 2 aliphatic heterocycles. The second-order valence-electron chi connectivity index (χ2n) is 8.18. The minimum absolute atomic E-state index is 0.126. The molecular formula is C24H25N5O5S2. The maximum Gasteiger partial charge on any atom is 0.308 e. The lowest BCUT2D eigenvalue weighted by atomic mass is 10.1. The number of hydrogen-bond donors (Lipinski definition) is 1. The topological polar surface area (TPSA) is 113 Å². The first kappa shape index (κ1) is 25.6. The monoisotopic (exact) mass is 527 g/mol. The molecule has 2 saturated heterocycles. The number of amides is 2.